The molecule has 5 aromatic rings. The van der Waals surface area contributed by atoms with Crippen LogP contribution < -0.4 is 0 Å². The highest BCUT2D eigenvalue weighted by Gasteiger charge is 2.11. The molecule has 5 heterocycles. The van der Waals surface area contributed by atoms with Crippen LogP contribution in [0.5, 0.6) is 0 Å². The molecule has 5 nitrogen and oxygen atoms in total. The number of aryl methyl sites for hydroxylation is 1. The highest BCUT2D eigenvalue weighted by Crippen LogP contribution is 2.35. The molecule has 0 aliphatic rings. The minimum Gasteiger partial charge on any atom is -0.472 e. The Kier molecular flexibility index (Phi) is 3.11. The lowest BCUT2D eigenvalue weighted by Gasteiger charge is -2.02. The van der Waals surface area contributed by atoms with Crippen molar-refractivity contribution in [2.24, 2.45) is 7.05 Å². The van der Waals surface area contributed by atoms with Gasteiger partial charge in [-0.3, -0.25) is 9.08 Å². The molecule has 25 heavy (non-hydrogen) atoms. The molecule has 0 radical (unpaired) electrons. The second-order valence-electron chi connectivity index (χ2n) is 5.87. The van der Waals surface area contributed by atoms with Gasteiger partial charge in [0, 0.05) is 41.0 Å². The molecule has 0 aliphatic heterocycles. The van der Waals surface area contributed by atoms with E-state index < -0.39 is 0 Å². The third-order valence-electron chi connectivity index (χ3n) is 4.21. The molecule has 0 N–H and O–H groups in total. The van der Waals surface area contributed by atoms with E-state index in [0.29, 0.717) is 0 Å². The maximum Gasteiger partial charge on any atom is 0.137 e. The molecule has 0 atom stereocenters. The van der Waals surface area contributed by atoms with E-state index in [4.69, 9.17) is 4.42 Å². The lowest BCUT2D eigenvalue weighted by molar-refractivity contribution is 0.568. The second kappa shape index (κ2) is 5.46. The fourth-order valence-corrected chi connectivity index (χ4v) is 3.94. The Hall–Kier alpha value is -3.12. The summed E-state index contributed by atoms with van der Waals surface area (Å²) < 4.78 is 9.13. The third kappa shape index (κ3) is 2.38. The third-order valence-corrected chi connectivity index (χ3v) is 5.36. The lowest BCUT2D eigenvalue weighted by Crippen LogP contribution is -1.88. The maximum atomic E-state index is 5.19. The van der Waals surface area contributed by atoms with Crippen LogP contribution in [0.1, 0.15) is 0 Å². The fraction of sp³-hybridized carbons (Fsp3) is 0.0526. The molecule has 5 aromatic heterocycles. The van der Waals surface area contributed by atoms with E-state index in [-0.39, 0.29) is 0 Å². The Morgan fingerprint density at radius 2 is 1.84 bits per heavy atom. The summed E-state index contributed by atoms with van der Waals surface area (Å²) in [5.41, 5.74) is 5.32. The van der Waals surface area contributed by atoms with Crippen LogP contribution in [0.4, 0.5) is 0 Å². The number of hydrogen-bond acceptors (Lipinski definition) is 4. The molecule has 0 spiro atoms. The van der Waals surface area contributed by atoms with Gasteiger partial charge in [-0.1, -0.05) is 0 Å². The monoisotopic (exact) mass is 346 g/mol. The van der Waals surface area contributed by atoms with Gasteiger partial charge in [0.1, 0.15) is 5.65 Å². The standard InChI is InChI=1S/C19H14N4OS/c1-22-10-15(8-21-22)13-2-5-19-20-9-16(23(19)11-13)18-4-3-17(25-18)14-6-7-24-12-14/h2-12H,1H3. The molecule has 0 bridgehead atoms. The molecule has 0 amide bonds. The molecule has 0 saturated heterocycles. The summed E-state index contributed by atoms with van der Waals surface area (Å²) in [5.74, 6) is 0. The number of thiophene rings is 1. The Bertz CT molecular complexity index is 1160. The molecule has 122 valence electrons. The van der Waals surface area contributed by atoms with Crippen molar-refractivity contribution in [3.8, 4) is 32.1 Å². The number of furan rings is 1. The summed E-state index contributed by atoms with van der Waals surface area (Å²) >= 11 is 1.73. The summed E-state index contributed by atoms with van der Waals surface area (Å²) in [5, 5.41) is 4.26. The van der Waals surface area contributed by atoms with Crippen molar-refractivity contribution in [1.29, 1.82) is 0 Å². The van der Waals surface area contributed by atoms with Crippen LogP contribution in [0.25, 0.3) is 37.8 Å². The minimum absolute atomic E-state index is 0.931. The van der Waals surface area contributed by atoms with Crippen LogP contribution in [0.3, 0.4) is 0 Å². The van der Waals surface area contributed by atoms with E-state index in [9.17, 15) is 0 Å². The number of nitrogens with zero attached hydrogens (tertiary/aromatic N) is 4. The van der Waals surface area contributed by atoms with Crippen LogP contribution in [0.2, 0.25) is 0 Å². The Morgan fingerprint density at radius 3 is 2.64 bits per heavy atom. The topological polar surface area (TPSA) is 48.3 Å². The van der Waals surface area contributed by atoms with Crippen molar-refractivity contribution in [2.45, 2.75) is 0 Å². The van der Waals surface area contributed by atoms with Crippen molar-refractivity contribution < 1.29 is 4.42 Å². The fourth-order valence-electron chi connectivity index (χ4n) is 2.94. The van der Waals surface area contributed by atoms with Crippen molar-refractivity contribution in [1.82, 2.24) is 19.2 Å². The van der Waals surface area contributed by atoms with E-state index in [0.717, 1.165) is 28.0 Å². The van der Waals surface area contributed by atoms with Crippen molar-refractivity contribution in [2.75, 3.05) is 0 Å². The first-order valence-corrected chi connectivity index (χ1v) is 8.68. The number of imidazole rings is 1. The molecular formula is C19H14N4OS. The Balaban J connectivity index is 1.62. The quantitative estimate of drug-likeness (QED) is 0.475. The first kappa shape index (κ1) is 14.2. The van der Waals surface area contributed by atoms with E-state index in [1.165, 1.54) is 9.75 Å². The molecule has 0 aromatic carbocycles. The van der Waals surface area contributed by atoms with Gasteiger partial charge in [0.2, 0.25) is 0 Å². The summed E-state index contributed by atoms with van der Waals surface area (Å²) in [4.78, 5) is 6.89. The highest BCUT2D eigenvalue weighted by molar-refractivity contribution is 7.18. The molecule has 0 unspecified atom stereocenters. The largest absolute Gasteiger partial charge is 0.472 e. The summed E-state index contributed by atoms with van der Waals surface area (Å²) in [7, 11) is 1.92. The summed E-state index contributed by atoms with van der Waals surface area (Å²) in [6.45, 7) is 0. The molecule has 0 aliphatic carbocycles. The zero-order chi connectivity index (χ0) is 16.8. The zero-order valence-corrected chi connectivity index (χ0v) is 14.3. The lowest BCUT2D eigenvalue weighted by atomic mass is 10.2. The predicted octanol–water partition coefficient (Wildman–Crippen LogP) is 4.72. The van der Waals surface area contributed by atoms with Gasteiger partial charge in [0.15, 0.2) is 0 Å². The van der Waals surface area contributed by atoms with E-state index in [1.807, 2.05) is 42.5 Å². The Labute approximate surface area is 147 Å². The van der Waals surface area contributed by atoms with E-state index in [2.05, 4.69) is 38.9 Å². The van der Waals surface area contributed by atoms with Gasteiger partial charge in [-0.05, 0) is 30.3 Å². The molecular weight excluding hydrogens is 332 g/mol. The van der Waals surface area contributed by atoms with Crippen LogP contribution >= 0.6 is 11.3 Å². The van der Waals surface area contributed by atoms with Gasteiger partial charge < -0.3 is 4.42 Å². The van der Waals surface area contributed by atoms with Crippen molar-refractivity contribution in [3.05, 3.63) is 67.6 Å². The molecule has 0 saturated carbocycles. The number of rotatable bonds is 3. The maximum absolute atomic E-state index is 5.19. The van der Waals surface area contributed by atoms with Crippen molar-refractivity contribution >= 4 is 17.0 Å². The van der Waals surface area contributed by atoms with Gasteiger partial charge in [-0.2, -0.15) is 5.10 Å². The average Bonchev–Trinajstić information content (AvgIpc) is 3.39. The number of aromatic nitrogens is 4. The molecule has 0 fully saturated rings. The predicted molar refractivity (Wildman–Crippen MR) is 98.4 cm³/mol. The van der Waals surface area contributed by atoms with Crippen LogP contribution in [-0.2, 0) is 7.05 Å². The Morgan fingerprint density at radius 1 is 0.920 bits per heavy atom. The highest BCUT2D eigenvalue weighted by atomic mass is 32.1. The summed E-state index contributed by atoms with van der Waals surface area (Å²) in [6, 6.07) is 10.3. The zero-order valence-electron chi connectivity index (χ0n) is 13.5. The van der Waals surface area contributed by atoms with Gasteiger partial charge in [0.05, 0.1) is 35.5 Å². The van der Waals surface area contributed by atoms with Gasteiger partial charge >= 0.3 is 0 Å². The smallest absolute Gasteiger partial charge is 0.137 e. The average molecular weight is 346 g/mol. The number of pyridine rings is 1. The number of hydrogen-bond donors (Lipinski definition) is 0. The number of fused-ring (bicyclic) bond motifs is 1. The first-order chi connectivity index (χ1) is 12.3. The minimum atomic E-state index is 0.931. The van der Waals surface area contributed by atoms with Crippen LogP contribution in [0, 0.1) is 0 Å². The van der Waals surface area contributed by atoms with Gasteiger partial charge in [0.25, 0.3) is 0 Å². The van der Waals surface area contributed by atoms with Crippen LogP contribution in [-0.4, -0.2) is 19.2 Å². The van der Waals surface area contributed by atoms with Crippen LogP contribution in [0.15, 0.2) is 72.1 Å². The van der Waals surface area contributed by atoms with Crippen molar-refractivity contribution in [3.63, 3.8) is 0 Å². The first-order valence-electron chi connectivity index (χ1n) is 7.87. The van der Waals surface area contributed by atoms with E-state index >= 15 is 0 Å². The van der Waals surface area contributed by atoms with Gasteiger partial charge in [-0.25, -0.2) is 4.98 Å². The van der Waals surface area contributed by atoms with E-state index in [1.54, 1.807) is 23.9 Å². The molecule has 5 rings (SSSR count). The van der Waals surface area contributed by atoms with Gasteiger partial charge in [-0.15, -0.1) is 11.3 Å². The summed E-state index contributed by atoms with van der Waals surface area (Å²) in [6.07, 6.45) is 11.4. The second-order valence-corrected chi connectivity index (χ2v) is 6.95. The normalized spacial score (nSPS) is 11.4. The SMILES string of the molecule is Cn1cc(-c2ccc3ncc(-c4ccc(-c5ccoc5)s4)n3c2)cn1. The molecule has 6 heteroatoms.